The van der Waals surface area contributed by atoms with Gasteiger partial charge in [0.05, 0.1) is 23.7 Å². The van der Waals surface area contributed by atoms with E-state index < -0.39 is 10.0 Å². The maximum atomic E-state index is 13.4. The summed E-state index contributed by atoms with van der Waals surface area (Å²) in [7, 11) is -2.31. The number of imidazole rings is 1. The quantitative estimate of drug-likeness (QED) is 0.332. The van der Waals surface area contributed by atoms with Crippen LogP contribution < -0.4 is 10.1 Å². The van der Waals surface area contributed by atoms with Gasteiger partial charge < -0.3 is 14.2 Å². The number of anilines is 1. The molecule has 206 valence electrons. The molecule has 2 aliphatic rings. The molecule has 1 saturated carbocycles. The number of ether oxygens (including phenoxy) is 1. The van der Waals surface area contributed by atoms with E-state index in [1.54, 1.807) is 42.7 Å². The maximum absolute atomic E-state index is 13.4. The van der Waals surface area contributed by atoms with Crippen LogP contribution in [0.2, 0.25) is 0 Å². The standard InChI is InChI=1S/C26H26N8O4S2/c1-15-28-21-12-27-23-20(8-9-33(23)40(36,37)19-6-4-3-5-7-19)22(21)34(15)18-10-16-13-32(14-17(16)11-18)26(35)30-25-29-24(38-2)31-39-25/h3-9,12,16-18H,10-11,13-14H2,1-2H3,(H,29,30,31,35)/t16-,17?,18+/m0/s1. The number of carbonyl (C=O) groups excluding carboxylic acids is 1. The summed E-state index contributed by atoms with van der Waals surface area (Å²) in [4.78, 5) is 28.3. The molecule has 4 aromatic heterocycles. The predicted octanol–water partition coefficient (Wildman–Crippen LogP) is 3.91. The van der Waals surface area contributed by atoms with Gasteiger partial charge in [-0.15, -0.1) is 4.37 Å². The van der Waals surface area contributed by atoms with E-state index in [0.29, 0.717) is 35.7 Å². The Balaban J connectivity index is 1.16. The number of likely N-dealkylation sites (tertiary alicyclic amines) is 1. The number of hydrogen-bond donors (Lipinski definition) is 1. The lowest BCUT2D eigenvalue weighted by atomic mass is 10.0. The molecule has 0 radical (unpaired) electrons. The number of aryl methyl sites for hydroxylation is 1. The Morgan fingerprint density at radius 1 is 1.10 bits per heavy atom. The number of carbonyl (C=O) groups is 1. The lowest BCUT2D eigenvalue weighted by molar-refractivity contribution is 0.217. The van der Waals surface area contributed by atoms with Gasteiger partial charge >= 0.3 is 12.0 Å². The van der Waals surface area contributed by atoms with Crippen LogP contribution in [0, 0.1) is 18.8 Å². The topological polar surface area (TPSA) is 137 Å². The Morgan fingerprint density at radius 3 is 2.55 bits per heavy atom. The van der Waals surface area contributed by atoms with Gasteiger partial charge in [-0.05, 0) is 49.8 Å². The first-order valence-corrected chi connectivity index (χ1v) is 15.1. The van der Waals surface area contributed by atoms with Gasteiger partial charge in [0.15, 0.2) is 5.65 Å². The van der Waals surface area contributed by atoms with Crippen LogP contribution in [0.3, 0.4) is 0 Å². The molecule has 1 unspecified atom stereocenters. The molecule has 1 aliphatic carbocycles. The zero-order valence-corrected chi connectivity index (χ0v) is 23.4. The van der Waals surface area contributed by atoms with Crippen molar-refractivity contribution in [2.45, 2.75) is 30.7 Å². The number of hydrogen-bond acceptors (Lipinski definition) is 9. The van der Waals surface area contributed by atoms with Crippen molar-refractivity contribution in [2.24, 2.45) is 11.8 Å². The second kappa shape index (κ2) is 9.27. The highest BCUT2D eigenvalue weighted by Crippen LogP contribution is 2.46. The van der Waals surface area contributed by atoms with E-state index in [0.717, 1.165) is 46.6 Å². The van der Waals surface area contributed by atoms with Gasteiger partial charge in [-0.3, -0.25) is 5.32 Å². The third-order valence-corrected chi connectivity index (χ3v) is 10.3. The molecule has 0 bridgehead atoms. The molecular weight excluding hydrogens is 552 g/mol. The van der Waals surface area contributed by atoms with E-state index in [1.165, 1.54) is 11.1 Å². The van der Waals surface area contributed by atoms with Gasteiger partial charge in [0.1, 0.15) is 11.3 Å². The molecule has 14 heteroatoms. The Labute approximate surface area is 233 Å². The van der Waals surface area contributed by atoms with Crippen molar-refractivity contribution in [3.8, 4) is 6.01 Å². The molecule has 2 amide bonds. The summed E-state index contributed by atoms with van der Waals surface area (Å²) < 4.78 is 39.3. The lowest BCUT2D eigenvalue weighted by Crippen LogP contribution is -2.34. The van der Waals surface area contributed by atoms with E-state index in [9.17, 15) is 13.2 Å². The van der Waals surface area contributed by atoms with Crippen molar-refractivity contribution < 1.29 is 17.9 Å². The van der Waals surface area contributed by atoms with Crippen LogP contribution in [0.4, 0.5) is 9.93 Å². The SMILES string of the molecule is COc1nsc(NC(=O)N2CC3C[C@H](n4c(C)nc5cnc6c(ccn6S(=O)(=O)c6ccccc6)c54)C[C@H]3C2)n1. The zero-order chi connectivity index (χ0) is 27.6. The van der Waals surface area contributed by atoms with Gasteiger partial charge in [-0.25, -0.2) is 27.2 Å². The second-order valence-corrected chi connectivity index (χ2v) is 12.8. The van der Waals surface area contributed by atoms with E-state index in [4.69, 9.17) is 9.72 Å². The molecule has 1 aromatic carbocycles. The molecule has 7 rings (SSSR count). The fourth-order valence-corrected chi connectivity index (χ4v) is 8.12. The van der Waals surface area contributed by atoms with Gasteiger partial charge in [0, 0.05) is 42.2 Å². The Hall–Kier alpha value is -4.04. The van der Waals surface area contributed by atoms with Crippen LogP contribution in [-0.2, 0) is 10.0 Å². The monoisotopic (exact) mass is 578 g/mol. The number of nitrogens with zero attached hydrogens (tertiary/aromatic N) is 7. The van der Waals surface area contributed by atoms with Crippen LogP contribution >= 0.6 is 11.5 Å². The summed E-state index contributed by atoms with van der Waals surface area (Å²) in [6, 6.07) is 10.4. The summed E-state index contributed by atoms with van der Waals surface area (Å²) in [5.41, 5.74) is 2.02. The van der Waals surface area contributed by atoms with Crippen LogP contribution in [0.15, 0.2) is 53.7 Å². The Kier molecular flexibility index (Phi) is 5.78. The minimum absolute atomic E-state index is 0.178. The van der Waals surface area contributed by atoms with E-state index in [1.807, 2.05) is 17.9 Å². The van der Waals surface area contributed by atoms with Crippen molar-refractivity contribution in [2.75, 3.05) is 25.5 Å². The average molecular weight is 579 g/mol. The predicted molar refractivity (Wildman–Crippen MR) is 149 cm³/mol. The molecule has 5 aromatic rings. The first-order chi connectivity index (χ1) is 19.3. The summed E-state index contributed by atoms with van der Waals surface area (Å²) in [5, 5.41) is 3.99. The minimum Gasteiger partial charge on any atom is -0.466 e. The first-order valence-electron chi connectivity index (χ1n) is 12.9. The normalized spacial score (nSPS) is 20.9. The third kappa shape index (κ3) is 3.92. The number of fused-ring (bicyclic) bond motifs is 4. The Morgan fingerprint density at radius 2 is 1.85 bits per heavy atom. The number of aromatic nitrogens is 6. The molecule has 3 atom stereocenters. The lowest BCUT2D eigenvalue weighted by Gasteiger charge is -2.21. The van der Waals surface area contributed by atoms with Crippen molar-refractivity contribution in [3.63, 3.8) is 0 Å². The van der Waals surface area contributed by atoms with Gasteiger partial charge in [-0.1, -0.05) is 18.2 Å². The molecule has 5 heterocycles. The minimum atomic E-state index is -3.80. The van der Waals surface area contributed by atoms with Crippen molar-refractivity contribution >= 4 is 54.8 Å². The Bertz CT molecular complexity index is 1850. The van der Waals surface area contributed by atoms with Crippen molar-refractivity contribution in [1.29, 1.82) is 0 Å². The van der Waals surface area contributed by atoms with Crippen LogP contribution in [-0.4, -0.2) is 67.4 Å². The zero-order valence-electron chi connectivity index (χ0n) is 21.8. The number of pyridine rings is 1. The summed E-state index contributed by atoms with van der Waals surface area (Å²) in [6.07, 6.45) is 5.03. The molecular formula is C26H26N8O4S2. The van der Waals surface area contributed by atoms with Gasteiger partial charge in [0.25, 0.3) is 10.0 Å². The second-order valence-electron chi connectivity index (χ2n) is 10.3. The first kappa shape index (κ1) is 25.0. The third-order valence-electron chi connectivity index (χ3n) is 7.99. The van der Waals surface area contributed by atoms with Crippen LogP contribution in [0.25, 0.3) is 22.1 Å². The molecule has 1 N–H and O–H groups in total. The number of urea groups is 1. The number of nitrogens with one attached hydrogen (secondary N) is 1. The fourth-order valence-electron chi connectivity index (χ4n) is 6.27. The average Bonchev–Trinajstić information content (AvgIpc) is 3.75. The van der Waals surface area contributed by atoms with E-state index in [2.05, 4.69) is 24.2 Å². The summed E-state index contributed by atoms with van der Waals surface area (Å²) >= 11 is 1.09. The van der Waals surface area contributed by atoms with Crippen molar-refractivity contribution in [1.82, 2.24) is 32.8 Å². The molecule has 40 heavy (non-hydrogen) atoms. The summed E-state index contributed by atoms with van der Waals surface area (Å²) in [6.45, 7) is 3.31. The summed E-state index contributed by atoms with van der Waals surface area (Å²) in [5.74, 6) is 1.58. The van der Waals surface area contributed by atoms with Gasteiger partial charge in [0.2, 0.25) is 5.13 Å². The molecule has 2 fully saturated rings. The van der Waals surface area contributed by atoms with Gasteiger partial charge in [-0.2, -0.15) is 4.98 Å². The largest absolute Gasteiger partial charge is 0.466 e. The van der Waals surface area contributed by atoms with E-state index in [-0.39, 0.29) is 23.0 Å². The number of amides is 2. The van der Waals surface area contributed by atoms with E-state index >= 15 is 0 Å². The highest BCUT2D eigenvalue weighted by atomic mass is 32.2. The van der Waals surface area contributed by atoms with Crippen LogP contribution in [0.1, 0.15) is 24.7 Å². The molecule has 1 saturated heterocycles. The molecule has 1 aliphatic heterocycles. The van der Waals surface area contributed by atoms with Crippen LogP contribution in [0.5, 0.6) is 6.01 Å². The number of benzene rings is 1. The van der Waals surface area contributed by atoms with Crippen molar-refractivity contribution in [3.05, 3.63) is 54.6 Å². The molecule has 12 nitrogen and oxygen atoms in total. The highest BCUT2D eigenvalue weighted by molar-refractivity contribution is 7.90. The maximum Gasteiger partial charge on any atom is 0.329 e. The number of methoxy groups -OCH3 is 1. The molecule has 0 spiro atoms. The highest BCUT2D eigenvalue weighted by Gasteiger charge is 2.44. The fraction of sp³-hybridized carbons (Fsp3) is 0.346. The number of rotatable bonds is 5. The smallest absolute Gasteiger partial charge is 0.329 e.